The van der Waals surface area contributed by atoms with Gasteiger partial charge >= 0.3 is 0 Å². The van der Waals surface area contributed by atoms with Gasteiger partial charge in [-0.15, -0.1) is 5.92 Å². The topological polar surface area (TPSA) is 34.1 Å². The van der Waals surface area contributed by atoms with E-state index in [1.165, 1.54) is 0 Å². The Bertz CT molecular complexity index is 626. The number of carbonyl (C=O) groups excluding carboxylic acids is 2. The van der Waals surface area contributed by atoms with Gasteiger partial charge in [0.15, 0.2) is 0 Å². The first-order valence-electron chi connectivity index (χ1n) is 7.34. The smallest absolute Gasteiger partial charge is 0.148 e. The molecule has 0 atom stereocenters. The Morgan fingerprint density at radius 1 is 1.05 bits per heavy atom. The van der Waals surface area contributed by atoms with Gasteiger partial charge in [0.05, 0.1) is 0 Å². The van der Waals surface area contributed by atoms with Crippen molar-refractivity contribution < 1.29 is 9.59 Å². The molecule has 110 valence electrons. The fourth-order valence-electron chi connectivity index (χ4n) is 3.36. The van der Waals surface area contributed by atoms with Crippen LogP contribution in [0.5, 0.6) is 0 Å². The van der Waals surface area contributed by atoms with Gasteiger partial charge in [0.1, 0.15) is 17.5 Å². The van der Waals surface area contributed by atoms with Crippen molar-refractivity contribution >= 4 is 11.6 Å². The Morgan fingerprint density at radius 2 is 1.52 bits per heavy atom. The fourth-order valence-corrected chi connectivity index (χ4v) is 3.36. The minimum atomic E-state index is -0.582. The molecule has 0 aromatic heterocycles. The van der Waals surface area contributed by atoms with Crippen LogP contribution in [0.2, 0.25) is 0 Å². The van der Waals surface area contributed by atoms with Crippen LogP contribution in [-0.2, 0) is 9.59 Å². The van der Waals surface area contributed by atoms with E-state index in [-0.39, 0.29) is 17.0 Å². The van der Waals surface area contributed by atoms with Gasteiger partial charge in [0.2, 0.25) is 0 Å². The molecule has 1 saturated carbocycles. The highest BCUT2D eigenvalue weighted by atomic mass is 16.2. The van der Waals surface area contributed by atoms with Gasteiger partial charge in [-0.2, -0.15) is 0 Å². The molecule has 1 aliphatic carbocycles. The Morgan fingerprint density at radius 3 is 1.95 bits per heavy atom. The number of benzene rings is 1. The first-order valence-corrected chi connectivity index (χ1v) is 7.34. The predicted molar refractivity (Wildman–Crippen MR) is 84.2 cm³/mol. The molecule has 2 nitrogen and oxygen atoms in total. The van der Waals surface area contributed by atoms with E-state index >= 15 is 0 Å². The molecule has 0 spiro atoms. The van der Waals surface area contributed by atoms with E-state index in [9.17, 15) is 9.59 Å². The third-order valence-electron chi connectivity index (χ3n) is 4.10. The van der Waals surface area contributed by atoms with Crippen molar-refractivity contribution in [1.82, 2.24) is 0 Å². The van der Waals surface area contributed by atoms with E-state index in [4.69, 9.17) is 0 Å². The summed E-state index contributed by atoms with van der Waals surface area (Å²) in [6.07, 6.45) is 0.942. The monoisotopic (exact) mass is 282 g/mol. The maximum absolute atomic E-state index is 12.5. The normalized spacial score (nSPS) is 18.3. The number of ketones is 2. The maximum Gasteiger partial charge on any atom is 0.148 e. The Balaban J connectivity index is 2.49. The van der Waals surface area contributed by atoms with E-state index < -0.39 is 5.92 Å². The molecular formula is C19H22O2. The average Bonchev–Trinajstić information content (AvgIpc) is 2.30. The standard InChI is InChI=1S/C19H22O2/c1-6-7-14-8-12(2)17(13(3)9-14)18-15(20)10-19(4,5)11-16(18)21/h8-9,18H,10-11H2,1-5H3. The number of hydrogen-bond acceptors (Lipinski definition) is 2. The lowest BCUT2D eigenvalue weighted by molar-refractivity contribution is -0.135. The molecule has 1 aromatic carbocycles. The highest BCUT2D eigenvalue weighted by Crippen LogP contribution is 2.40. The second kappa shape index (κ2) is 5.48. The molecule has 0 amide bonds. The summed E-state index contributed by atoms with van der Waals surface area (Å²) in [6.45, 7) is 9.69. The highest BCUT2D eigenvalue weighted by molar-refractivity contribution is 6.10. The quantitative estimate of drug-likeness (QED) is 0.581. The number of rotatable bonds is 1. The summed E-state index contributed by atoms with van der Waals surface area (Å²) in [4.78, 5) is 25.0. The van der Waals surface area contributed by atoms with Crippen LogP contribution in [0.1, 0.15) is 61.8 Å². The molecule has 0 saturated heterocycles. The van der Waals surface area contributed by atoms with E-state index in [2.05, 4.69) is 11.8 Å². The zero-order valence-electron chi connectivity index (χ0n) is 13.5. The van der Waals surface area contributed by atoms with Crippen LogP contribution >= 0.6 is 0 Å². The van der Waals surface area contributed by atoms with Crippen LogP contribution in [-0.4, -0.2) is 11.6 Å². The number of Topliss-reactive ketones (excluding diaryl/α,β-unsaturated/α-hetero) is 2. The molecule has 2 heteroatoms. The average molecular weight is 282 g/mol. The zero-order chi connectivity index (χ0) is 15.8. The molecule has 0 unspecified atom stereocenters. The molecule has 0 aliphatic heterocycles. The predicted octanol–water partition coefficient (Wildman–Crippen LogP) is 3.72. The van der Waals surface area contributed by atoms with Crippen molar-refractivity contribution in [1.29, 1.82) is 0 Å². The summed E-state index contributed by atoms with van der Waals surface area (Å²) in [5.74, 6) is 5.44. The lowest BCUT2D eigenvalue weighted by Crippen LogP contribution is -2.36. The van der Waals surface area contributed by atoms with Crippen LogP contribution in [0, 0.1) is 31.1 Å². The first kappa shape index (κ1) is 15.5. The second-order valence-corrected chi connectivity index (χ2v) is 6.78. The van der Waals surface area contributed by atoms with Crippen molar-refractivity contribution in [2.45, 2.75) is 53.4 Å². The van der Waals surface area contributed by atoms with Crippen LogP contribution in [0.25, 0.3) is 0 Å². The summed E-state index contributed by atoms with van der Waals surface area (Å²) in [5.41, 5.74) is 3.59. The molecular weight excluding hydrogens is 260 g/mol. The molecule has 0 N–H and O–H groups in total. The summed E-state index contributed by atoms with van der Waals surface area (Å²) in [7, 11) is 0. The van der Waals surface area contributed by atoms with Gasteiger partial charge in [0.25, 0.3) is 0 Å². The van der Waals surface area contributed by atoms with Crippen LogP contribution in [0.15, 0.2) is 12.1 Å². The molecule has 2 rings (SSSR count). The Kier molecular flexibility index (Phi) is 4.05. The highest BCUT2D eigenvalue weighted by Gasteiger charge is 2.41. The van der Waals surface area contributed by atoms with Crippen LogP contribution < -0.4 is 0 Å². The fraction of sp³-hybridized carbons (Fsp3) is 0.474. The molecule has 0 bridgehead atoms. The van der Waals surface area contributed by atoms with E-state index in [0.29, 0.717) is 12.8 Å². The van der Waals surface area contributed by atoms with Crippen molar-refractivity contribution in [2.24, 2.45) is 5.41 Å². The van der Waals surface area contributed by atoms with Gasteiger partial charge in [-0.1, -0.05) is 19.8 Å². The van der Waals surface area contributed by atoms with Gasteiger partial charge < -0.3 is 0 Å². The second-order valence-electron chi connectivity index (χ2n) is 6.78. The van der Waals surface area contributed by atoms with E-state index in [1.807, 2.05) is 39.8 Å². The Hall–Kier alpha value is -1.88. The van der Waals surface area contributed by atoms with Gasteiger partial charge in [-0.3, -0.25) is 9.59 Å². The molecule has 1 aromatic rings. The first-order chi connectivity index (χ1) is 9.75. The van der Waals surface area contributed by atoms with E-state index in [1.54, 1.807) is 6.92 Å². The van der Waals surface area contributed by atoms with E-state index in [0.717, 1.165) is 22.3 Å². The molecule has 0 heterocycles. The van der Waals surface area contributed by atoms with Crippen molar-refractivity contribution in [3.8, 4) is 11.8 Å². The third kappa shape index (κ3) is 3.08. The zero-order valence-corrected chi connectivity index (χ0v) is 13.5. The Labute approximate surface area is 126 Å². The SMILES string of the molecule is CC#Cc1cc(C)c(C2C(=O)CC(C)(C)CC2=O)c(C)c1. The lowest BCUT2D eigenvalue weighted by atomic mass is 9.68. The molecule has 1 fully saturated rings. The largest absolute Gasteiger partial charge is 0.299 e. The van der Waals surface area contributed by atoms with Gasteiger partial charge in [-0.05, 0) is 55.0 Å². The van der Waals surface area contributed by atoms with Crippen molar-refractivity contribution in [3.05, 3.63) is 34.4 Å². The molecule has 21 heavy (non-hydrogen) atoms. The number of aryl methyl sites for hydroxylation is 2. The van der Waals surface area contributed by atoms with Gasteiger partial charge in [-0.25, -0.2) is 0 Å². The maximum atomic E-state index is 12.5. The molecule has 1 aliphatic rings. The van der Waals surface area contributed by atoms with Crippen molar-refractivity contribution in [3.63, 3.8) is 0 Å². The van der Waals surface area contributed by atoms with Gasteiger partial charge in [0, 0.05) is 18.4 Å². The minimum absolute atomic E-state index is 0.0526. The summed E-state index contributed by atoms with van der Waals surface area (Å²) < 4.78 is 0. The summed E-state index contributed by atoms with van der Waals surface area (Å²) in [5, 5.41) is 0. The summed E-state index contributed by atoms with van der Waals surface area (Å²) >= 11 is 0. The number of hydrogen-bond donors (Lipinski definition) is 0. The summed E-state index contributed by atoms with van der Waals surface area (Å²) in [6, 6.07) is 3.94. The van der Waals surface area contributed by atoms with Crippen molar-refractivity contribution in [2.75, 3.05) is 0 Å². The minimum Gasteiger partial charge on any atom is -0.299 e. The lowest BCUT2D eigenvalue weighted by Gasteiger charge is -2.33. The van der Waals surface area contributed by atoms with Crippen LogP contribution in [0.3, 0.4) is 0 Å². The number of carbonyl (C=O) groups is 2. The molecule has 0 radical (unpaired) electrons. The third-order valence-corrected chi connectivity index (χ3v) is 4.10. The van der Waals surface area contributed by atoms with Crippen LogP contribution in [0.4, 0.5) is 0 Å².